The molecule has 1 aliphatic rings. The zero-order chi connectivity index (χ0) is 16.3. The molecule has 126 valence electrons. The van der Waals surface area contributed by atoms with E-state index in [0.29, 0.717) is 17.5 Å². The van der Waals surface area contributed by atoms with Gasteiger partial charge in [0.2, 0.25) is 0 Å². The van der Waals surface area contributed by atoms with Gasteiger partial charge in [-0.05, 0) is 60.8 Å². The zero-order valence-electron chi connectivity index (χ0n) is 15.7. The largest absolute Gasteiger partial charge is 0.376 e. The van der Waals surface area contributed by atoms with Crippen LogP contribution < -0.4 is 0 Å². The van der Waals surface area contributed by atoms with Crippen molar-refractivity contribution < 1.29 is 4.74 Å². The topological polar surface area (TPSA) is 15.7 Å². The quantitative estimate of drug-likeness (QED) is 0.771. The van der Waals surface area contributed by atoms with Crippen LogP contribution in [-0.2, 0) is 4.74 Å². The molecule has 0 N–H and O–H groups in total. The van der Waals surface area contributed by atoms with Gasteiger partial charge in [0.05, 0.1) is 5.60 Å². The molecule has 0 aromatic rings. The Bertz CT molecular complexity index is 295. The second-order valence-electron chi connectivity index (χ2n) is 8.81. The van der Waals surface area contributed by atoms with E-state index in [4.69, 9.17) is 4.74 Å². The molecule has 3 nitrogen and oxygen atoms in total. The van der Waals surface area contributed by atoms with E-state index in [2.05, 4.69) is 65.2 Å². The average molecular weight is 299 g/mol. The Morgan fingerprint density at radius 1 is 0.905 bits per heavy atom. The van der Waals surface area contributed by atoms with Crippen LogP contribution in [0.25, 0.3) is 0 Å². The van der Waals surface area contributed by atoms with Crippen molar-refractivity contribution in [1.82, 2.24) is 9.80 Å². The molecule has 0 saturated carbocycles. The van der Waals surface area contributed by atoms with E-state index in [1.165, 1.54) is 32.6 Å². The summed E-state index contributed by atoms with van der Waals surface area (Å²) in [5, 5.41) is 0. The lowest BCUT2D eigenvalue weighted by molar-refractivity contribution is -0.0264. The summed E-state index contributed by atoms with van der Waals surface area (Å²) in [6.07, 6.45) is 1.23. The van der Waals surface area contributed by atoms with Crippen LogP contribution >= 0.6 is 0 Å². The van der Waals surface area contributed by atoms with Crippen LogP contribution in [0.3, 0.4) is 0 Å². The maximum atomic E-state index is 5.91. The number of hydrogen-bond acceptors (Lipinski definition) is 3. The lowest BCUT2D eigenvalue weighted by atomic mass is 10.0. The molecule has 2 unspecified atom stereocenters. The second kappa shape index (κ2) is 7.43. The van der Waals surface area contributed by atoms with Gasteiger partial charge < -0.3 is 4.74 Å². The van der Waals surface area contributed by atoms with E-state index >= 15 is 0 Å². The summed E-state index contributed by atoms with van der Waals surface area (Å²) in [5.41, 5.74) is 0.291. The molecular weight excluding hydrogens is 260 g/mol. The van der Waals surface area contributed by atoms with Crippen LogP contribution in [0.15, 0.2) is 0 Å². The summed E-state index contributed by atoms with van der Waals surface area (Å²) in [7, 11) is 0. The van der Waals surface area contributed by atoms with Gasteiger partial charge in [0.25, 0.3) is 0 Å². The maximum Gasteiger partial charge on any atom is 0.0598 e. The fourth-order valence-corrected chi connectivity index (χ4v) is 3.03. The fourth-order valence-electron chi connectivity index (χ4n) is 3.03. The number of ether oxygens (including phenoxy) is 1. The van der Waals surface area contributed by atoms with Gasteiger partial charge in [0.15, 0.2) is 0 Å². The maximum absolute atomic E-state index is 5.91. The Labute approximate surface area is 133 Å². The average Bonchev–Trinajstić information content (AvgIpc) is 2.34. The highest BCUT2D eigenvalue weighted by Crippen LogP contribution is 2.20. The highest BCUT2D eigenvalue weighted by Gasteiger charge is 2.28. The SMILES string of the molecule is CC(COC(C)(C)C)CC(C)N1CCN(C(C)(C)C)CC1. The molecule has 0 spiro atoms. The third-order valence-corrected chi connectivity index (χ3v) is 4.43. The van der Waals surface area contributed by atoms with Crippen LogP contribution in [0, 0.1) is 5.92 Å². The molecule has 1 saturated heterocycles. The van der Waals surface area contributed by atoms with Gasteiger partial charge in [-0.3, -0.25) is 9.80 Å². The smallest absolute Gasteiger partial charge is 0.0598 e. The molecule has 0 bridgehead atoms. The molecule has 0 radical (unpaired) electrons. The van der Waals surface area contributed by atoms with Crippen molar-refractivity contribution in [2.24, 2.45) is 5.92 Å². The standard InChI is InChI=1S/C18H38N2O/c1-15(14-21-18(6,7)8)13-16(2)19-9-11-20(12-10-19)17(3,4)5/h15-16H,9-14H2,1-8H3. The molecule has 0 aromatic carbocycles. The fraction of sp³-hybridized carbons (Fsp3) is 1.00. The Morgan fingerprint density at radius 2 is 1.43 bits per heavy atom. The first-order chi connectivity index (χ1) is 9.49. The molecule has 2 atom stereocenters. The predicted molar refractivity (Wildman–Crippen MR) is 91.8 cm³/mol. The molecular formula is C18H38N2O. The van der Waals surface area contributed by atoms with Gasteiger partial charge in [0.1, 0.15) is 0 Å². The molecule has 0 aromatic heterocycles. The zero-order valence-corrected chi connectivity index (χ0v) is 15.7. The van der Waals surface area contributed by atoms with Crippen LogP contribution in [0.4, 0.5) is 0 Å². The normalized spacial score (nSPS) is 22.3. The molecule has 3 heteroatoms. The highest BCUT2D eigenvalue weighted by molar-refractivity contribution is 4.84. The van der Waals surface area contributed by atoms with Crippen molar-refractivity contribution in [2.75, 3.05) is 32.8 Å². The van der Waals surface area contributed by atoms with Gasteiger partial charge in [-0.15, -0.1) is 0 Å². The molecule has 21 heavy (non-hydrogen) atoms. The lowest BCUT2D eigenvalue weighted by Crippen LogP contribution is -2.55. The molecule has 0 amide bonds. The van der Waals surface area contributed by atoms with E-state index in [1.807, 2.05) is 0 Å². The number of piperazine rings is 1. The first-order valence-corrected chi connectivity index (χ1v) is 8.62. The van der Waals surface area contributed by atoms with Crippen molar-refractivity contribution in [3.63, 3.8) is 0 Å². The van der Waals surface area contributed by atoms with Gasteiger partial charge in [-0.1, -0.05) is 6.92 Å². The first-order valence-electron chi connectivity index (χ1n) is 8.62. The summed E-state index contributed by atoms with van der Waals surface area (Å²) in [4.78, 5) is 5.25. The van der Waals surface area contributed by atoms with Crippen molar-refractivity contribution >= 4 is 0 Å². The van der Waals surface area contributed by atoms with Crippen LogP contribution in [0.2, 0.25) is 0 Å². The molecule has 1 rings (SSSR count). The summed E-state index contributed by atoms with van der Waals surface area (Å²) >= 11 is 0. The summed E-state index contributed by atoms with van der Waals surface area (Å²) < 4.78 is 5.91. The minimum atomic E-state index is -0.0180. The third-order valence-electron chi connectivity index (χ3n) is 4.43. The Kier molecular flexibility index (Phi) is 6.70. The van der Waals surface area contributed by atoms with Gasteiger partial charge in [-0.2, -0.15) is 0 Å². The minimum Gasteiger partial charge on any atom is -0.376 e. The van der Waals surface area contributed by atoms with E-state index in [0.717, 1.165) is 6.61 Å². The Morgan fingerprint density at radius 3 is 1.86 bits per heavy atom. The first kappa shape index (κ1) is 18.9. The Hall–Kier alpha value is -0.120. The van der Waals surface area contributed by atoms with Crippen LogP contribution in [-0.4, -0.2) is 59.8 Å². The van der Waals surface area contributed by atoms with E-state index in [1.54, 1.807) is 0 Å². The molecule has 1 heterocycles. The Balaban J connectivity index is 2.32. The third kappa shape index (κ3) is 7.12. The molecule has 1 aliphatic heterocycles. The van der Waals surface area contributed by atoms with Crippen molar-refractivity contribution in [3.05, 3.63) is 0 Å². The second-order valence-corrected chi connectivity index (χ2v) is 8.81. The minimum absolute atomic E-state index is 0.0180. The summed E-state index contributed by atoms with van der Waals surface area (Å²) in [6.45, 7) is 23.7. The van der Waals surface area contributed by atoms with Gasteiger partial charge in [0, 0.05) is 44.4 Å². The summed E-state index contributed by atoms with van der Waals surface area (Å²) in [5.74, 6) is 0.625. The van der Waals surface area contributed by atoms with Crippen LogP contribution in [0.1, 0.15) is 61.8 Å². The van der Waals surface area contributed by atoms with Crippen molar-refractivity contribution in [1.29, 1.82) is 0 Å². The molecule has 1 fully saturated rings. The van der Waals surface area contributed by atoms with Crippen molar-refractivity contribution in [2.45, 2.75) is 79.0 Å². The number of rotatable bonds is 5. The highest BCUT2D eigenvalue weighted by atomic mass is 16.5. The monoisotopic (exact) mass is 298 g/mol. The predicted octanol–water partition coefficient (Wildman–Crippen LogP) is 3.63. The van der Waals surface area contributed by atoms with Gasteiger partial charge in [-0.25, -0.2) is 0 Å². The van der Waals surface area contributed by atoms with E-state index in [-0.39, 0.29) is 5.60 Å². The lowest BCUT2D eigenvalue weighted by Gasteiger charge is -2.44. The summed E-state index contributed by atoms with van der Waals surface area (Å²) in [6, 6.07) is 0.658. The van der Waals surface area contributed by atoms with Gasteiger partial charge >= 0.3 is 0 Å². The van der Waals surface area contributed by atoms with Crippen LogP contribution in [0.5, 0.6) is 0 Å². The van der Waals surface area contributed by atoms with Crippen molar-refractivity contribution in [3.8, 4) is 0 Å². The molecule has 0 aliphatic carbocycles. The van der Waals surface area contributed by atoms with E-state index in [9.17, 15) is 0 Å². The number of hydrogen-bond donors (Lipinski definition) is 0. The number of nitrogens with zero attached hydrogens (tertiary/aromatic N) is 2. The van der Waals surface area contributed by atoms with E-state index < -0.39 is 0 Å².